The minimum Gasteiger partial charge on any atom is -0.368 e. The number of aromatic amines is 1. The molecule has 1 fully saturated rings. The van der Waals surface area contributed by atoms with E-state index in [-0.39, 0.29) is 17.5 Å². The van der Waals surface area contributed by atoms with E-state index < -0.39 is 0 Å². The molecule has 1 saturated carbocycles. The van der Waals surface area contributed by atoms with Gasteiger partial charge in [-0.3, -0.25) is 4.79 Å². The number of hydrogen-bond acceptors (Lipinski definition) is 5. The molecule has 0 bridgehead atoms. The van der Waals surface area contributed by atoms with Gasteiger partial charge in [-0.1, -0.05) is 0 Å². The predicted molar refractivity (Wildman–Crippen MR) is 67.8 cm³/mol. The number of amides is 1. The Labute approximate surface area is 108 Å². The van der Waals surface area contributed by atoms with Gasteiger partial charge in [0, 0.05) is 25.1 Å². The smallest absolute Gasteiger partial charge is 0.348 e. The van der Waals surface area contributed by atoms with Gasteiger partial charge in [-0.05, 0) is 12.8 Å². The number of nitrogens with one attached hydrogen (secondary N) is 3. The molecule has 2 aromatic rings. The van der Waals surface area contributed by atoms with Crippen molar-refractivity contribution in [3.05, 3.63) is 22.9 Å². The Bertz CT molecular complexity index is 656. The maximum atomic E-state index is 11.4. The van der Waals surface area contributed by atoms with Crippen LogP contribution in [0.15, 0.2) is 17.2 Å². The maximum absolute atomic E-state index is 11.4. The van der Waals surface area contributed by atoms with Gasteiger partial charge >= 0.3 is 5.69 Å². The Balaban J connectivity index is 1.53. The Morgan fingerprint density at radius 2 is 2.32 bits per heavy atom. The van der Waals surface area contributed by atoms with Crippen LogP contribution in [-0.4, -0.2) is 38.6 Å². The first kappa shape index (κ1) is 11.7. The number of anilines is 1. The van der Waals surface area contributed by atoms with Crippen molar-refractivity contribution in [1.82, 2.24) is 24.9 Å². The largest absolute Gasteiger partial charge is 0.368 e. The second kappa shape index (κ2) is 4.71. The van der Waals surface area contributed by atoms with Crippen LogP contribution in [0.5, 0.6) is 0 Å². The quantitative estimate of drug-likeness (QED) is 0.621. The van der Waals surface area contributed by atoms with Gasteiger partial charge in [0.05, 0.1) is 0 Å². The molecule has 0 atom stereocenters. The average molecular weight is 262 g/mol. The number of carbonyl (C=O) groups excluding carboxylic acids is 1. The number of fused-ring (bicyclic) bond motifs is 1. The molecule has 2 aromatic heterocycles. The SMILES string of the molecule is O=C(NCCNc1cc2n[nH]c(=O)n2cn1)C1CC1. The molecule has 0 radical (unpaired) electrons. The molecule has 0 saturated heterocycles. The van der Waals surface area contributed by atoms with Gasteiger partial charge in [0.1, 0.15) is 12.1 Å². The highest BCUT2D eigenvalue weighted by atomic mass is 16.2. The van der Waals surface area contributed by atoms with E-state index in [9.17, 15) is 9.59 Å². The van der Waals surface area contributed by atoms with Crippen LogP contribution in [0.1, 0.15) is 12.8 Å². The van der Waals surface area contributed by atoms with Crippen LogP contribution < -0.4 is 16.3 Å². The number of rotatable bonds is 5. The summed E-state index contributed by atoms with van der Waals surface area (Å²) in [5, 5.41) is 12.1. The van der Waals surface area contributed by atoms with E-state index in [1.165, 1.54) is 10.7 Å². The molecule has 1 amide bonds. The molecule has 19 heavy (non-hydrogen) atoms. The van der Waals surface area contributed by atoms with E-state index in [1.807, 2.05) is 0 Å². The zero-order valence-corrected chi connectivity index (χ0v) is 10.2. The van der Waals surface area contributed by atoms with Crippen molar-refractivity contribution in [2.75, 3.05) is 18.4 Å². The first-order valence-corrected chi connectivity index (χ1v) is 6.18. The number of carbonyl (C=O) groups is 1. The summed E-state index contributed by atoms with van der Waals surface area (Å²) in [6, 6.07) is 1.67. The van der Waals surface area contributed by atoms with Crippen molar-refractivity contribution in [1.29, 1.82) is 0 Å². The molecule has 0 aliphatic heterocycles. The fourth-order valence-corrected chi connectivity index (χ4v) is 1.77. The minimum absolute atomic E-state index is 0.129. The normalized spacial score (nSPS) is 14.5. The van der Waals surface area contributed by atoms with E-state index in [2.05, 4.69) is 25.8 Å². The highest BCUT2D eigenvalue weighted by Crippen LogP contribution is 2.28. The highest BCUT2D eigenvalue weighted by Gasteiger charge is 2.28. The van der Waals surface area contributed by atoms with E-state index in [0.29, 0.717) is 24.6 Å². The molecule has 8 nitrogen and oxygen atoms in total. The predicted octanol–water partition coefficient (Wildman–Crippen LogP) is -0.644. The summed E-state index contributed by atoms with van der Waals surface area (Å²) in [6.07, 6.45) is 3.42. The first-order chi connectivity index (χ1) is 9.24. The fraction of sp³-hybridized carbons (Fsp3) is 0.455. The zero-order valence-electron chi connectivity index (χ0n) is 10.2. The average Bonchev–Trinajstić information content (AvgIpc) is 3.20. The molecular weight excluding hydrogens is 248 g/mol. The summed E-state index contributed by atoms with van der Waals surface area (Å²) in [7, 11) is 0. The highest BCUT2D eigenvalue weighted by molar-refractivity contribution is 5.80. The van der Waals surface area contributed by atoms with Crippen LogP contribution in [0, 0.1) is 5.92 Å². The number of H-pyrrole nitrogens is 1. The molecule has 100 valence electrons. The first-order valence-electron chi connectivity index (χ1n) is 6.18. The Morgan fingerprint density at radius 1 is 1.47 bits per heavy atom. The standard InChI is InChI=1S/C11H14N6O2/c18-10(7-1-2-7)13-4-3-12-8-5-9-15-16-11(19)17(9)6-14-8/h5-7,12H,1-4H2,(H,13,18)(H,16,19). The lowest BCUT2D eigenvalue weighted by Gasteiger charge is -2.06. The molecule has 1 aliphatic carbocycles. The van der Waals surface area contributed by atoms with Gasteiger partial charge in [0.25, 0.3) is 0 Å². The van der Waals surface area contributed by atoms with E-state index in [0.717, 1.165) is 12.8 Å². The molecule has 3 rings (SSSR count). The Hall–Kier alpha value is -2.38. The minimum atomic E-state index is -0.314. The van der Waals surface area contributed by atoms with Crippen molar-refractivity contribution < 1.29 is 4.79 Å². The summed E-state index contributed by atoms with van der Waals surface area (Å²) in [4.78, 5) is 26.7. The third kappa shape index (κ3) is 2.56. The second-order valence-electron chi connectivity index (χ2n) is 4.52. The molecule has 2 heterocycles. The van der Waals surface area contributed by atoms with Crippen LogP contribution >= 0.6 is 0 Å². The van der Waals surface area contributed by atoms with Crippen LogP contribution in [0.4, 0.5) is 5.82 Å². The lowest BCUT2D eigenvalue weighted by molar-refractivity contribution is -0.122. The van der Waals surface area contributed by atoms with Gasteiger partial charge in [-0.15, -0.1) is 0 Å². The summed E-state index contributed by atoms with van der Waals surface area (Å²) >= 11 is 0. The monoisotopic (exact) mass is 262 g/mol. The molecule has 0 unspecified atom stereocenters. The van der Waals surface area contributed by atoms with Crippen molar-refractivity contribution >= 4 is 17.4 Å². The van der Waals surface area contributed by atoms with Crippen molar-refractivity contribution in [2.24, 2.45) is 5.92 Å². The maximum Gasteiger partial charge on any atom is 0.348 e. The van der Waals surface area contributed by atoms with Crippen molar-refractivity contribution in [2.45, 2.75) is 12.8 Å². The Kier molecular flexibility index (Phi) is 2.90. The lowest BCUT2D eigenvalue weighted by atomic mass is 10.4. The molecule has 0 spiro atoms. The number of aromatic nitrogens is 4. The van der Waals surface area contributed by atoms with Crippen LogP contribution in [0.25, 0.3) is 5.65 Å². The second-order valence-corrected chi connectivity index (χ2v) is 4.52. The molecular formula is C11H14N6O2. The number of hydrogen-bond donors (Lipinski definition) is 3. The third-order valence-electron chi connectivity index (χ3n) is 2.99. The number of nitrogens with zero attached hydrogens (tertiary/aromatic N) is 3. The van der Waals surface area contributed by atoms with Crippen molar-refractivity contribution in [3.8, 4) is 0 Å². The molecule has 3 N–H and O–H groups in total. The van der Waals surface area contributed by atoms with Gasteiger partial charge in [0.15, 0.2) is 5.65 Å². The van der Waals surface area contributed by atoms with E-state index in [4.69, 9.17) is 0 Å². The van der Waals surface area contributed by atoms with Gasteiger partial charge in [0.2, 0.25) is 5.91 Å². The summed E-state index contributed by atoms with van der Waals surface area (Å²) in [5.74, 6) is 0.974. The van der Waals surface area contributed by atoms with Crippen LogP contribution in [0.2, 0.25) is 0 Å². The zero-order chi connectivity index (χ0) is 13.2. The van der Waals surface area contributed by atoms with Gasteiger partial charge in [-0.25, -0.2) is 19.3 Å². The molecule has 1 aliphatic rings. The molecule has 8 heteroatoms. The van der Waals surface area contributed by atoms with E-state index in [1.54, 1.807) is 6.07 Å². The lowest BCUT2D eigenvalue weighted by Crippen LogP contribution is -2.29. The topological polar surface area (TPSA) is 104 Å². The van der Waals surface area contributed by atoms with Gasteiger partial charge in [-0.2, -0.15) is 5.10 Å². The van der Waals surface area contributed by atoms with Crippen LogP contribution in [-0.2, 0) is 4.79 Å². The Morgan fingerprint density at radius 3 is 3.11 bits per heavy atom. The van der Waals surface area contributed by atoms with Crippen molar-refractivity contribution in [3.63, 3.8) is 0 Å². The molecule has 0 aromatic carbocycles. The summed E-state index contributed by atoms with van der Waals surface area (Å²) in [5.41, 5.74) is 0.190. The summed E-state index contributed by atoms with van der Waals surface area (Å²) < 4.78 is 1.32. The van der Waals surface area contributed by atoms with Gasteiger partial charge < -0.3 is 10.6 Å². The third-order valence-corrected chi connectivity index (χ3v) is 2.99. The van der Waals surface area contributed by atoms with Crippen LogP contribution in [0.3, 0.4) is 0 Å². The fourth-order valence-electron chi connectivity index (χ4n) is 1.77. The van der Waals surface area contributed by atoms with E-state index >= 15 is 0 Å². The summed E-state index contributed by atoms with van der Waals surface area (Å²) in [6.45, 7) is 1.13.